The summed E-state index contributed by atoms with van der Waals surface area (Å²) < 4.78 is 14.8. The van der Waals surface area contributed by atoms with E-state index in [1.165, 1.54) is 37.8 Å². The molecular formula is C31H35FN6O3. The Morgan fingerprint density at radius 3 is 2.54 bits per heavy atom. The number of hydrogen-bond donors (Lipinski definition) is 5. The highest BCUT2D eigenvalue weighted by Gasteiger charge is 2.34. The first-order valence-corrected chi connectivity index (χ1v) is 14.4. The number of amides is 4. The maximum atomic E-state index is 14.8. The number of nitrogens with zero attached hydrogens (tertiary/aromatic N) is 1. The average Bonchev–Trinajstić information content (AvgIpc) is 3.70. The average molecular weight is 559 g/mol. The van der Waals surface area contributed by atoms with Gasteiger partial charge in [0.2, 0.25) is 5.91 Å². The van der Waals surface area contributed by atoms with Crippen LogP contribution >= 0.6 is 0 Å². The van der Waals surface area contributed by atoms with Gasteiger partial charge in [-0.2, -0.15) is 5.10 Å². The zero-order chi connectivity index (χ0) is 28.5. The van der Waals surface area contributed by atoms with E-state index < -0.39 is 23.8 Å². The van der Waals surface area contributed by atoms with Gasteiger partial charge >= 0.3 is 6.03 Å². The molecule has 9 nitrogen and oxygen atoms in total. The van der Waals surface area contributed by atoms with E-state index in [0.717, 1.165) is 35.6 Å². The second-order valence-electron chi connectivity index (χ2n) is 11.6. The molecule has 3 aromatic rings. The topological polar surface area (TPSA) is 128 Å². The van der Waals surface area contributed by atoms with Crippen LogP contribution in [0.2, 0.25) is 0 Å². The van der Waals surface area contributed by atoms with E-state index >= 15 is 0 Å². The summed E-state index contributed by atoms with van der Waals surface area (Å²) in [5, 5.41) is 19.0. The molecule has 0 bridgehead atoms. The second-order valence-corrected chi connectivity index (χ2v) is 11.6. The van der Waals surface area contributed by atoms with Crippen molar-refractivity contribution in [2.24, 2.45) is 17.8 Å². The third kappa shape index (κ3) is 6.11. The van der Waals surface area contributed by atoms with E-state index in [0.29, 0.717) is 35.0 Å². The first-order chi connectivity index (χ1) is 19.8. The number of nitrogens with one attached hydrogen (secondary N) is 5. The molecule has 1 aliphatic heterocycles. The standard InChI is InChI=1S/C31H35FN6O3/c1-17-28(30(40)36-24-9-11-26-23(13-24)16-34-38-26)29(37-31(41)35-17)21-8-10-25(32)22(12-21)14-27(39)33-15-18-2-4-19(5-3-18)20-6-7-20/h8-13,16,18-20,29H,2-7,14-15H2,1H3,(H,33,39)(H,34,38)(H,36,40)(H2,35,37,41). The summed E-state index contributed by atoms with van der Waals surface area (Å²) in [7, 11) is 0. The molecule has 2 aliphatic carbocycles. The lowest BCUT2D eigenvalue weighted by Gasteiger charge is -2.29. The predicted octanol–water partition coefficient (Wildman–Crippen LogP) is 4.84. The van der Waals surface area contributed by atoms with Crippen molar-refractivity contribution < 1.29 is 18.8 Å². The fraction of sp³-hybridized carbons (Fsp3) is 0.419. The Morgan fingerprint density at radius 1 is 1.02 bits per heavy atom. The number of aromatic amines is 1. The van der Waals surface area contributed by atoms with Gasteiger partial charge in [-0.25, -0.2) is 9.18 Å². The van der Waals surface area contributed by atoms with Crippen molar-refractivity contribution in [3.63, 3.8) is 0 Å². The molecule has 3 aliphatic rings. The van der Waals surface area contributed by atoms with Gasteiger partial charge in [-0.3, -0.25) is 14.7 Å². The Hall–Kier alpha value is -4.21. The highest BCUT2D eigenvalue weighted by Crippen LogP contribution is 2.45. The molecule has 0 saturated heterocycles. The quantitative estimate of drug-likeness (QED) is 0.271. The largest absolute Gasteiger partial charge is 0.356 e. The lowest BCUT2D eigenvalue weighted by molar-refractivity contribution is -0.120. The van der Waals surface area contributed by atoms with Gasteiger partial charge < -0.3 is 21.3 Å². The van der Waals surface area contributed by atoms with Crippen LogP contribution in [0.25, 0.3) is 10.9 Å². The molecule has 1 atom stereocenters. The van der Waals surface area contributed by atoms with Crippen LogP contribution in [-0.2, 0) is 16.0 Å². The number of benzene rings is 2. The van der Waals surface area contributed by atoms with Crippen molar-refractivity contribution in [2.75, 3.05) is 11.9 Å². The third-order valence-corrected chi connectivity index (χ3v) is 8.73. The van der Waals surface area contributed by atoms with Gasteiger partial charge in [0.25, 0.3) is 5.91 Å². The third-order valence-electron chi connectivity index (χ3n) is 8.73. The Bertz CT molecular complexity index is 1520. The molecule has 2 saturated carbocycles. The Morgan fingerprint density at radius 2 is 1.78 bits per heavy atom. The van der Waals surface area contributed by atoms with E-state index in [4.69, 9.17) is 0 Å². The highest BCUT2D eigenvalue weighted by atomic mass is 19.1. The van der Waals surface area contributed by atoms with Crippen molar-refractivity contribution in [3.05, 3.63) is 70.8 Å². The molecule has 10 heteroatoms. The maximum absolute atomic E-state index is 14.8. The van der Waals surface area contributed by atoms with Gasteiger partial charge in [-0.15, -0.1) is 0 Å². The summed E-state index contributed by atoms with van der Waals surface area (Å²) in [4.78, 5) is 38.6. The van der Waals surface area contributed by atoms with E-state index in [2.05, 4.69) is 31.5 Å². The SMILES string of the molecule is CC1=C(C(=O)Nc2ccc3[nH]ncc3c2)C(c2ccc(F)c(CC(=O)NCC3CCC(C4CC4)CC3)c2)NC(=O)N1. The number of H-pyrrole nitrogens is 1. The number of allylic oxidation sites excluding steroid dienone is 1. The normalized spacial score (nSPS) is 22.7. The number of halogens is 1. The number of hydrogen-bond acceptors (Lipinski definition) is 4. The molecule has 1 unspecified atom stereocenters. The van der Waals surface area contributed by atoms with Crippen LogP contribution in [0, 0.1) is 23.6 Å². The van der Waals surface area contributed by atoms with Gasteiger partial charge in [-0.05, 0) is 105 Å². The fourth-order valence-electron chi connectivity index (χ4n) is 6.30. The van der Waals surface area contributed by atoms with Crippen LogP contribution in [0.4, 0.5) is 14.9 Å². The van der Waals surface area contributed by atoms with Gasteiger partial charge in [0.15, 0.2) is 0 Å². The Kier molecular flexibility index (Phi) is 7.47. The minimum atomic E-state index is -0.828. The van der Waals surface area contributed by atoms with Gasteiger partial charge in [-0.1, -0.05) is 6.07 Å². The summed E-state index contributed by atoms with van der Waals surface area (Å²) in [5.41, 5.74) is 2.82. The zero-order valence-corrected chi connectivity index (χ0v) is 23.1. The molecule has 1 aromatic heterocycles. The van der Waals surface area contributed by atoms with Crippen molar-refractivity contribution >= 4 is 34.4 Å². The monoisotopic (exact) mass is 558 g/mol. The fourth-order valence-corrected chi connectivity index (χ4v) is 6.30. The van der Waals surface area contributed by atoms with E-state index in [1.54, 1.807) is 31.3 Å². The van der Waals surface area contributed by atoms with E-state index in [-0.39, 0.29) is 17.9 Å². The molecule has 4 amide bonds. The predicted molar refractivity (Wildman–Crippen MR) is 153 cm³/mol. The number of urea groups is 1. The Labute approximate surface area is 237 Å². The second kappa shape index (κ2) is 11.3. The molecule has 2 fully saturated rings. The van der Waals surface area contributed by atoms with Crippen LogP contribution < -0.4 is 21.3 Å². The molecule has 0 spiro atoms. The molecule has 214 valence electrons. The molecular weight excluding hydrogens is 523 g/mol. The van der Waals surface area contributed by atoms with Crippen LogP contribution in [0.1, 0.15) is 62.6 Å². The van der Waals surface area contributed by atoms with E-state index in [9.17, 15) is 18.8 Å². The lowest BCUT2D eigenvalue weighted by Crippen LogP contribution is -2.46. The van der Waals surface area contributed by atoms with Crippen molar-refractivity contribution in [3.8, 4) is 0 Å². The summed E-state index contributed by atoms with van der Waals surface area (Å²) in [5.74, 6) is 1.11. The van der Waals surface area contributed by atoms with Crippen molar-refractivity contribution in [1.82, 2.24) is 26.1 Å². The molecule has 41 heavy (non-hydrogen) atoms. The van der Waals surface area contributed by atoms with Gasteiger partial charge in [0.05, 0.1) is 29.7 Å². The lowest BCUT2D eigenvalue weighted by atomic mass is 9.79. The molecule has 0 radical (unpaired) electrons. The van der Waals surface area contributed by atoms with Crippen LogP contribution in [-0.4, -0.2) is 34.6 Å². The number of carbonyl (C=O) groups excluding carboxylic acids is 3. The highest BCUT2D eigenvalue weighted by molar-refractivity contribution is 6.07. The number of aromatic nitrogens is 2. The Balaban J connectivity index is 1.14. The van der Waals surface area contributed by atoms with Crippen molar-refractivity contribution in [2.45, 2.75) is 57.9 Å². The van der Waals surface area contributed by atoms with Crippen LogP contribution in [0.3, 0.4) is 0 Å². The van der Waals surface area contributed by atoms with Crippen molar-refractivity contribution in [1.29, 1.82) is 0 Å². The number of fused-ring (bicyclic) bond motifs is 1. The zero-order valence-electron chi connectivity index (χ0n) is 23.1. The minimum absolute atomic E-state index is 0.120. The van der Waals surface area contributed by atoms with Gasteiger partial charge in [0, 0.05) is 23.3 Å². The summed E-state index contributed by atoms with van der Waals surface area (Å²) in [6.07, 6.45) is 9.04. The number of anilines is 1. The van der Waals surface area contributed by atoms with E-state index in [1.807, 2.05) is 6.07 Å². The van der Waals surface area contributed by atoms with Crippen LogP contribution in [0.5, 0.6) is 0 Å². The minimum Gasteiger partial charge on any atom is -0.356 e. The van der Waals surface area contributed by atoms with Gasteiger partial charge in [0.1, 0.15) is 5.82 Å². The summed E-state index contributed by atoms with van der Waals surface area (Å²) in [6.45, 7) is 2.26. The summed E-state index contributed by atoms with van der Waals surface area (Å²) in [6, 6.07) is 8.44. The first-order valence-electron chi connectivity index (χ1n) is 14.4. The smallest absolute Gasteiger partial charge is 0.319 e. The summed E-state index contributed by atoms with van der Waals surface area (Å²) >= 11 is 0. The maximum Gasteiger partial charge on any atom is 0.319 e. The molecule has 5 N–H and O–H groups in total. The molecule has 2 heterocycles. The number of rotatable bonds is 8. The van der Waals surface area contributed by atoms with Crippen LogP contribution in [0.15, 0.2) is 53.9 Å². The first kappa shape index (κ1) is 27.0. The number of carbonyl (C=O) groups is 3. The molecule has 6 rings (SSSR count). The molecule has 2 aromatic carbocycles.